The van der Waals surface area contributed by atoms with E-state index >= 15 is 0 Å². The summed E-state index contributed by atoms with van der Waals surface area (Å²) in [7, 11) is 3.46. The van der Waals surface area contributed by atoms with Crippen LogP contribution in [0.4, 0.5) is 0 Å². The van der Waals surface area contributed by atoms with Gasteiger partial charge in [-0.1, -0.05) is 19.1 Å². The lowest BCUT2D eigenvalue weighted by atomic mass is 10.0. The van der Waals surface area contributed by atoms with Crippen molar-refractivity contribution in [1.82, 2.24) is 19.5 Å². The lowest BCUT2D eigenvalue weighted by Gasteiger charge is -2.27. The Morgan fingerprint density at radius 2 is 2.00 bits per heavy atom. The number of hydrogen-bond donors (Lipinski definition) is 0. The van der Waals surface area contributed by atoms with Crippen molar-refractivity contribution in [3.63, 3.8) is 0 Å². The van der Waals surface area contributed by atoms with Gasteiger partial charge in [-0.3, -0.25) is 4.79 Å². The van der Waals surface area contributed by atoms with Crippen molar-refractivity contribution >= 4 is 11.6 Å². The fraction of sp³-hybridized carbons (Fsp3) is 0.316. The normalized spacial score (nSPS) is 12.2. The van der Waals surface area contributed by atoms with E-state index in [-0.39, 0.29) is 11.9 Å². The second kappa shape index (κ2) is 6.93. The molecule has 0 fully saturated rings. The highest BCUT2D eigenvalue weighted by Crippen LogP contribution is 2.26. The molecule has 0 saturated heterocycles. The maximum Gasteiger partial charge on any atom is 0.259 e. The number of carbonyl (C=O) groups excluding carboxylic acids is 1. The largest absolute Gasteiger partial charge is 0.497 e. The Balaban J connectivity index is 1.90. The molecular weight excluding hydrogens is 316 g/mol. The predicted octanol–water partition coefficient (Wildman–Crippen LogP) is 3.27. The number of benzene rings is 1. The first-order chi connectivity index (χ1) is 12.0. The first-order valence-corrected chi connectivity index (χ1v) is 8.26. The number of carbonyl (C=O) groups is 1. The molecule has 2 heterocycles. The van der Waals surface area contributed by atoms with Crippen molar-refractivity contribution in [3.8, 4) is 5.75 Å². The first kappa shape index (κ1) is 17.0. The van der Waals surface area contributed by atoms with Gasteiger partial charge in [0.25, 0.3) is 5.91 Å². The van der Waals surface area contributed by atoms with Gasteiger partial charge in [0.05, 0.1) is 19.3 Å². The molecule has 2 aromatic heterocycles. The van der Waals surface area contributed by atoms with Gasteiger partial charge in [0.15, 0.2) is 5.65 Å². The summed E-state index contributed by atoms with van der Waals surface area (Å²) in [4.78, 5) is 19.1. The molecule has 1 unspecified atom stereocenters. The van der Waals surface area contributed by atoms with Crippen LogP contribution < -0.4 is 4.74 Å². The smallest absolute Gasteiger partial charge is 0.259 e. The van der Waals surface area contributed by atoms with Gasteiger partial charge in [-0.25, -0.2) is 9.50 Å². The molecule has 6 heteroatoms. The fourth-order valence-electron chi connectivity index (χ4n) is 3.01. The van der Waals surface area contributed by atoms with E-state index in [9.17, 15) is 4.79 Å². The number of hydrogen-bond acceptors (Lipinski definition) is 4. The van der Waals surface area contributed by atoms with E-state index in [1.807, 2.05) is 44.4 Å². The minimum atomic E-state index is -0.0889. The second-order valence-electron chi connectivity index (χ2n) is 6.07. The molecule has 0 spiro atoms. The fourth-order valence-corrected chi connectivity index (χ4v) is 3.01. The zero-order valence-corrected chi connectivity index (χ0v) is 14.9. The van der Waals surface area contributed by atoms with Gasteiger partial charge >= 0.3 is 0 Å². The Morgan fingerprint density at radius 1 is 1.28 bits per heavy atom. The van der Waals surface area contributed by atoms with Crippen LogP contribution in [0.15, 0.2) is 42.9 Å². The van der Waals surface area contributed by atoms with Gasteiger partial charge in [0.1, 0.15) is 11.3 Å². The summed E-state index contributed by atoms with van der Waals surface area (Å²) in [6, 6.07) is 7.79. The molecule has 1 aromatic carbocycles. The summed E-state index contributed by atoms with van der Waals surface area (Å²) in [5.74, 6) is 0.712. The Labute approximate surface area is 147 Å². The quantitative estimate of drug-likeness (QED) is 0.716. The Bertz CT molecular complexity index is 886. The van der Waals surface area contributed by atoms with E-state index < -0.39 is 0 Å². The summed E-state index contributed by atoms with van der Waals surface area (Å²) in [5.41, 5.74) is 3.15. The predicted molar refractivity (Wildman–Crippen MR) is 95.8 cm³/mol. The minimum absolute atomic E-state index is 0.0289. The monoisotopic (exact) mass is 338 g/mol. The summed E-state index contributed by atoms with van der Waals surface area (Å²) in [6.45, 7) is 4.01. The molecule has 130 valence electrons. The number of rotatable bonds is 5. The molecule has 0 radical (unpaired) electrons. The molecule has 0 saturated carbocycles. The number of fused-ring (bicyclic) bond motifs is 1. The van der Waals surface area contributed by atoms with E-state index in [4.69, 9.17) is 4.74 Å². The highest BCUT2D eigenvalue weighted by Gasteiger charge is 2.24. The summed E-state index contributed by atoms with van der Waals surface area (Å²) in [5, 5.41) is 4.25. The molecule has 25 heavy (non-hydrogen) atoms. The highest BCUT2D eigenvalue weighted by atomic mass is 16.5. The molecule has 0 N–H and O–H groups in total. The van der Waals surface area contributed by atoms with Gasteiger partial charge in [0.2, 0.25) is 0 Å². The van der Waals surface area contributed by atoms with E-state index in [1.54, 1.807) is 28.9 Å². The Kier molecular flexibility index (Phi) is 4.70. The zero-order valence-electron chi connectivity index (χ0n) is 14.9. The van der Waals surface area contributed by atoms with Crippen molar-refractivity contribution in [2.24, 2.45) is 0 Å². The molecule has 0 bridgehead atoms. The average molecular weight is 338 g/mol. The van der Waals surface area contributed by atoms with Crippen molar-refractivity contribution in [2.45, 2.75) is 26.3 Å². The third kappa shape index (κ3) is 3.20. The lowest BCUT2D eigenvalue weighted by Crippen LogP contribution is -2.31. The van der Waals surface area contributed by atoms with Crippen LogP contribution in [0.2, 0.25) is 0 Å². The molecule has 3 aromatic rings. The van der Waals surface area contributed by atoms with Crippen LogP contribution in [0.3, 0.4) is 0 Å². The number of methoxy groups -OCH3 is 1. The van der Waals surface area contributed by atoms with Crippen LogP contribution in [0.25, 0.3) is 5.65 Å². The van der Waals surface area contributed by atoms with Crippen molar-refractivity contribution in [2.75, 3.05) is 14.2 Å². The van der Waals surface area contributed by atoms with Crippen molar-refractivity contribution in [1.29, 1.82) is 0 Å². The number of ether oxygens (including phenoxy) is 1. The van der Waals surface area contributed by atoms with Crippen LogP contribution in [-0.2, 0) is 0 Å². The zero-order chi connectivity index (χ0) is 18.0. The van der Waals surface area contributed by atoms with Crippen LogP contribution in [0.1, 0.15) is 40.9 Å². The molecule has 0 aliphatic rings. The van der Waals surface area contributed by atoms with Gasteiger partial charge in [0, 0.05) is 19.4 Å². The summed E-state index contributed by atoms with van der Waals surface area (Å²) < 4.78 is 6.85. The van der Waals surface area contributed by atoms with Crippen LogP contribution in [0, 0.1) is 6.92 Å². The van der Waals surface area contributed by atoms with Gasteiger partial charge in [-0.05, 0) is 36.6 Å². The molecule has 0 aliphatic heterocycles. The van der Waals surface area contributed by atoms with Crippen LogP contribution in [0.5, 0.6) is 5.75 Å². The van der Waals surface area contributed by atoms with Crippen molar-refractivity contribution in [3.05, 3.63) is 59.5 Å². The van der Waals surface area contributed by atoms with E-state index in [1.165, 1.54) is 0 Å². The van der Waals surface area contributed by atoms with Gasteiger partial charge < -0.3 is 9.64 Å². The maximum absolute atomic E-state index is 13.0. The number of aryl methyl sites for hydroxylation is 1. The maximum atomic E-state index is 13.0. The number of amides is 1. The lowest BCUT2D eigenvalue weighted by molar-refractivity contribution is 0.0728. The topological polar surface area (TPSA) is 59.7 Å². The first-order valence-electron chi connectivity index (χ1n) is 8.26. The molecular formula is C19H22N4O2. The standard InChI is InChI=1S/C19H22N4O2/c1-5-17(14-6-8-15(25-4)9-7-14)22(3)19(24)16-11-21-23-12-13(2)10-20-18(16)23/h6-12,17H,5H2,1-4H3. The van der Waals surface area contributed by atoms with Gasteiger partial charge in [-0.2, -0.15) is 5.10 Å². The Hall–Kier alpha value is -2.89. The highest BCUT2D eigenvalue weighted by molar-refractivity contribution is 5.99. The molecule has 0 aliphatic carbocycles. The van der Waals surface area contributed by atoms with Crippen LogP contribution in [-0.4, -0.2) is 39.6 Å². The molecule has 1 atom stereocenters. The number of aromatic nitrogens is 3. The SMILES string of the molecule is CCC(c1ccc(OC)cc1)N(C)C(=O)c1cnn2cc(C)cnc12. The van der Waals surface area contributed by atoms with E-state index in [2.05, 4.69) is 17.0 Å². The minimum Gasteiger partial charge on any atom is -0.497 e. The van der Waals surface area contributed by atoms with E-state index in [0.717, 1.165) is 23.3 Å². The Morgan fingerprint density at radius 3 is 2.64 bits per heavy atom. The molecule has 3 rings (SSSR count). The third-order valence-electron chi connectivity index (χ3n) is 4.39. The van der Waals surface area contributed by atoms with E-state index in [0.29, 0.717) is 11.2 Å². The van der Waals surface area contributed by atoms with Crippen molar-refractivity contribution < 1.29 is 9.53 Å². The average Bonchev–Trinajstić information content (AvgIpc) is 3.05. The van der Waals surface area contributed by atoms with Crippen LogP contribution >= 0.6 is 0 Å². The third-order valence-corrected chi connectivity index (χ3v) is 4.39. The molecule has 1 amide bonds. The van der Waals surface area contributed by atoms with Gasteiger partial charge in [-0.15, -0.1) is 0 Å². The summed E-state index contributed by atoms with van der Waals surface area (Å²) in [6.07, 6.45) is 6.00. The summed E-state index contributed by atoms with van der Waals surface area (Å²) >= 11 is 0. The number of nitrogens with zero attached hydrogens (tertiary/aromatic N) is 4. The second-order valence-corrected chi connectivity index (χ2v) is 6.07. The molecule has 6 nitrogen and oxygen atoms in total.